The molecule has 238 valence electrons. The second-order valence-electron chi connectivity index (χ2n) is 13.5. The maximum atomic E-state index is 6.77. The van der Waals surface area contributed by atoms with Gasteiger partial charge in [0.05, 0.1) is 22.2 Å². The first-order chi connectivity index (χ1) is 20.3. The van der Waals surface area contributed by atoms with Gasteiger partial charge < -0.3 is 10.6 Å². The van der Waals surface area contributed by atoms with E-state index < -0.39 is 0 Å². The molecule has 0 aromatic heterocycles. The molecule has 3 nitrogen and oxygen atoms in total. The number of aliphatic imine (C=N–C) groups is 1. The number of unbranched alkanes of at least 4 members (excludes halogenated alkanes) is 3. The topological polar surface area (TPSA) is 36.4 Å². The van der Waals surface area contributed by atoms with E-state index in [1.165, 1.54) is 49.7 Å². The molecule has 2 aromatic carbocycles. The average molecular weight is 606 g/mol. The molecule has 0 heterocycles. The smallest absolute Gasteiger partial charge is 0.0957 e. The van der Waals surface area contributed by atoms with E-state index >= 15 is 0 Å². The average Bonchev–Trinajstić information content (AvgIpc) is 2.95. The molecule has 1 unspecified atom stereocenters. The van der Waals surface area contributed by atoms with Gasteiger partial charge in [0.1, 0.15) is 0 Å². The van der Waals surface area contributed by atoms with Gasteiger partial charge in [0, 0.05) is 18.3 Å². The third kappa shape index (κ3) is 10.3. The van der Waals surface area contributed by atoms with Gasteiger partial charge in [-0.1, -0.05) is 112 Å². The lowest BCUT2D eigenvalue weighted by atomic mass is 9.60. The lowest BCUT2D eigenvalue weighted by Gasteiger charge is -2.46. The van der Waals surface area contributed by atoms with Crippen LogP contribution in [0.15, 0.2) is 54.3 Å². The van der Waals surface area contributed by atoms with Gasteiger partial charge in [-0.15, -0.1) is 0 Å². The Kier molecular flexibility index (Phi) is 14.6. The molecule has 0 bridgehead atoms. The Morgan fingerprint density at radius 1 is 0.977 bits per heavy atom. The molecule has 0 aliphatic carbocycles. The van der Waals surface area contributed by atoms with Gasteiger partial charge in [0.25, 0.3) is 0 Å². The lowest BCUT2D eigenvalue weighted by Crippen LogP contribution is -2.42. The van der Waals surface area contributed by atoms with Crippen molar-refractivity contribution in [2.45, 2.75) is 120 Å². The van der Waals surface area contributed by atoms with Crippen LogP contribution in [-0.4, -0.2) is 12.8 Å². The highest BCUT2D eigenvalue weighted by atomic mass is 35.5. The van der Waals surface area contributed by atoms with Crippen LogP contribution in [0.5, 0.6) is 0 Å². The molecular formula is C39H60ClN3. The number of hydrogen-bond donors (Lipinski definition) is 2. The largest absolute Gasteiger partial charge is 0.372 e. The molecule has 2 N–H and O–H groups in total. The van der Waals surface area contributed by atoms with Crippen LogP contribution in [0.3, 0.4) is 0 Å². The number of allylic oxidation sites excluding steroid dienone is 1. The van der Waals surface area contributed by atoms with Gasteiger partial charge in [-0.3, -0.25) is 4.99 Å². The van der Waals surface area contributed by atoms with Crippen molar-refractivity contribution in [3.63, 3.8) is 0 Å². The van der Waals surface area contributed by atoms with Gasteiger partial charge in [0.2, 0.25) is 0 Å². The molecule has 0 aliphatic rings. The fourth-order valence-corrected chi connectivity index (χ4v) is 6.22. The minimum atomic E-state index is 0.188. The summed E-state index contributed by atoms with van der Waals surface area (Å²) in [4.78, 5) is 4.74. The first-order valence-corrected chi connectivity index (χ1v) is 17.0. The zero-order valence-electron chi connectivity index (χ0n) is 28.9. The van der Waals surface area contributed by atoms with Crippen LogP contribution in [0.2, 0.25) is 5.02 Å². The molecule has 2 rings (SSSR count). The number of aryl methyl sites for hydroxylation is 2. The zero-order valence-corrected chi connectivity index (χ0v) is 29.6. The molecule has 0 saturated heterocycles. The van der Waals surface area contributed by atoms with E-state index in [9.17, 15) is 0 Å². The summed E-state index contributed by atoms with van der Waals surface area (Å²) in [6.07, 6.45) is 12.2. The van der Waals surface area contributed by atoms with Gasteiger partial charge >= 0.3 is 0 Å². The highest BCUT2D eigenvalue weighted by Gasteiger charge is 2.40. The highest BCUT2D eigenvalue weighted by Crippen LogP contribution is 2.47. The summed E-state index contributed by atoms with van der Waals surface area (Å²) in [7, 11) is 0. The van der Waals surface area contributed by atoms with E-state index in [1.54, 1.807) is 0 Å². The molecule has 0 saturated carbocycles. The summed E-state index contributed by atoms with van der Waals surface area (Å²) in [6, 6.07) is 10.8. The summed E-state index contributed by atoms with van der Waals surface area (Å²) in [5, 5.41) is 7.57. The van der Waals surface area contributed by atoms with Crippen LogP contribution in [-0.2, 0) is 19.3 Å². The Morgan fingerprint density at radius 2 is 1.70 bits per heavy atom. The summed E-state index contributed by atoms with van der Waals surface area (Å²) in [5.41, 5.74) is 8.44. The molecule has 43 heavy (non-hydrogen) atoms. The molecule has 0 aliphatic heterocycles. The molecule has 2 aromatic rings. The second-order valence-corrected chi connectivity index (χ2v) is 13.9. The number of nitrogens with zero attached hydrogens (tertiary/aromatic N) is 1. The molecule has 0 radical (unpaired) electrons. The maximum absolute atomic E-state index is 6.77. The number of hydrogen-bond acceptors (Lipinski definition) is 3. The predicted molar refractivity (Wildman–Crippen MR) is 194 cm³/mol. The highest BCUT2D eigenvalue weighted by molar-refractivity contribution is 6.33. The zero-order chi connectivity index (χ0) is 32.2. The van der Waals surface area contributed by atoms with Crippen molar-refractivity contribution in [1.82, 2.24) is 5.32 Å². The summed E-state index contributed by atoms with van der Waals surface area (Å²) in [5.74, 6) is 1.24. The fourth-order valence-electron chi connectivity index (χ4n) is 5.97. The number of nitrogens with one attached hydrogen (secondary N) is 2. The maximum Gasteiger partial charge on any atom is 0.0957 e. The summed E-state index contributed by atoms with van der Waals surface area (Å²) >= 11 is 6.77. The number of halogens is 1. The molecule has 0 spiro atoms. The van der Waals surface area contributed by atoms with Crippen molar-refractivity contribution in [3.8, 4) is 0 Å². The van der Waals surface area contributed by atoms with Crippen LogP contribution in [0.4, 0.5) is 11.4 Å². The molecular weight excluding hydrogens is 546 g/mol. The van der Waals surface area contributed by atoms with E-state index in [0.717, 1.165) is 53.3 Å². The van der Waals surface area contributed by atoms with Crippen LogP contribution in [0.25, 0.3) is 5.57 Å². The monoisotopic (exact) mass is 605 g/mol. The Bertz CT molecular complexity index is 1240. The van der Waals surface area contributed by atoms with Crippen LogP contribution < -0.4 is 10.6 Å². The van der Waals surface area contributed by atoms with E-state index in [2.05, 4.69) is 97.4 Å². The third-order valence-corrected chi connectivity index (χ3v) is 10.2. The van der Waals surface area contributed by atoms with Crippen molar-refractivity contribution in [3.05, 3.63) is 76.6 Å². The Balaban J connectivity index is 2.10. The van der Waals surface area contributed by atoms with Crippen molar-refractivity contribution >= 4 is 34.8 Å². The van der Waals surface area contributed by atoms with Gasteiger partial charge in [0.15, 0.2) is 0 Å². The molecule has 4 heteroatoms. The molecule has 0 amide bonds. The normalized spacial score (nSPS) is 12.9. The molecule has 1 atom stereocenters. The summed E-state index contributed by atoms with van der Waals surface area (Å²) in [6.45, 7) is 30.2. The lowest BCUT2D eigenvalue weighted by molar-refractivity contribution is 0.0397. The predicted octanol–water partition coefficient (Wildman–Crippen LogP) is 12.0. The van der Waals surface area contributed by atoms with E-state index in [0.29, 0.717) is 17.4 Å². The van der Waals surface area contributed by atoms with E-state index in [1.807, 2.05) is 25.3 Å². The van der Waals surface area contributed by atoms with Crippen molar-refractivity contribution in [2.24, 2.45) is 21.7 Å². The minimum absolute atomic E-state index is 0.188. The molecule has 0 fully saturated rings. The standard InChI is InChI=1S/C39H60ClN3/c1-12-16-17-18-19-33-26-37(41-15-4)34(25-32(33)14-3)28(5)23-31-20-21-36(35(40)24-31)43-30(7)42-27-29(6)39(10,11)38(8,9)22-13-2/h15,20-21,24-26,29,42-43H,5,7,12-14,16-19,22-23,27H2,1-4,6,8-11H3/b41-15-. The number of benzene rings is 2. The quantitative estimate of drug-likeness (QED) is 0.123. The van der Waals surface area contributed by atoms with Gasteiger partial charge in [-0.2, -0.15) is 0 Å². The Morgan fingerprint density at radius 3 is 2.30 bits per heavy atom. The second kappa shape index (κ2) is 17.1. The van der Waals surface area contributed by atoms with Gasteiger partial charge in [-0.05, 0) is 102 Å². The first-order valence-electron chi connectivity index (χ1n) is 16.6. The number of rotatable bonds is 19. The van der Waals surface area contributed by atoms with Gasteiger partial charge in [-0.25, -0.2) is 0 Å². The van der Waals surface area contributed by atoms with Crippen molar-refractivity contribution in [1.29, 1.82) is 0 Å². The first kappa shape index (κ1) is 36.7. The van der Waals surface area contributed by atoms with Crippen LogP contribution in [0, 0.1) is 16.7 Å². The Hall–Kier alpha value is -2.52. The van der Waals surface area contributed by atoms with Crippen molar-refractivity contribution in [2.75, 3.05) is 11.9 Å². The summed E-state index contributed by atoms with van der Waals surface area (Å²) < 4.78 is 0. The number of anilines is 1. The van der Waals surface area contributed by atoms with Crippen LogP contribution in [0.1, 0.15) is 123 Å². The fraction of sp³-hybridized carbons (Fsp3) is 0.564. The van der Waals surface area contributed by atoms with E-state index in [-0.39, 0.29) is 10.8 Å². The van der Waals surface area contributed by atoms with E-state index in [4.69, 9.17) is 16.6 Å². The Labute approximate surface area is 269 Å². The minimum Gasteiger partial charge on any atom is -0.372 e. The third-order valence-electron chi connectivity index (χ3n) is 9.86. The van der Waals surface area contributed by atoms with Crippen molar-refractivity contribution < 1.29 is 0 Å². The van der Waals surface area contributed by atoms with Crippen LogP contribution >= 0.6 is 11.6 Å². The SMILES string of the molecule is C=C(NCC(C)C(C)(C)C(C)(C)CCC)Nc1ccc(CC(=C)c2cc(CC)c(CCCCCC)cc2/N=C\C)cc1Cl.